The van der Waals surface area contributed by atoms with Gasteiger partial charge in [-0.1, -0.05) is 48.7 Å². The summed E-state index contributed by atoms with van der Waals surface area (Å²) in [5.41, 5.74) is 4.47. The van der Waals surface area contributed by atoms with Crippen molar-refractivity contribution in [2.75, 3.05) is 13.1 Å². The van der Waals surface area contributed by atoms with Crippen LogP contribution in [-0.4, -0.2) is 19.2 Å². The van der Waals surface area contributed by atoms with Crippen LogP contribution in [0.25, 0.3) is 11.1 Å². The Hall–Kier alpha value is -0.930. The van der Waals surface area contributed by atoms with Gasteiger partial charge >= 0.3 is 0 Å². The molecule has 144 valence electrons. The molecular weight excluding hydrogens is 401 g/mol. The minimum atomic E-state index is 0.265. The Kier molecular flexibility index (Phi) is 5.62. The molecule has 0 radical (unpaired) electrons. The van der Waals surface area contributed by atoms with Crippen LogP contribution in [-0.2, 0) is 0 Å². The summed E-state index contributed by atoms with van der Waals surface area (Å²) >= 11 is 19.2. The highest BCUT2D eigenvalue weighted by Crippen LogP contribution is 2.49. The third kappa shape index (κ3) is 3.46. The van der Waals surface area contributed by atoms with Gasteiger partial charge in [-0.3, -0.25) is 0 Å². The van der Waals surface area contributed by atoms with E-state index in [1.54, 1.807) is 12.1 Å². The number of fused-ring (bicyclic) bond motifs is 3. The SMILES string of the molecule is CCC(CC)c1cc(-c2c(Cl)cc(Cl)cc2Cl)cc2c1OC1CCNCC21. The molecule has 2 aliphatic heterocycles. The standard InChI is InChI=1S/C22H24Cl3NO/c1-3-12(4-2)15-7-13(21-18(24)9-14(23)10-19(21)25)8-16-17-11-26-6-5-20(17)27-22(15)16/h7-10,12,17,20,26H,3-6,11H2,1-2H3. The molecule has 2 aliphatic rings. The van der Waals surface area contributed by atoms with Crippen LogP contribution in [0.15, 0.2) is 24.3 Å². The summed E-state index contributed by atoms with van der Waals surface area (Å²) in [4.78, 5) is 0. The minimum absolute atomic E-state index is 0.265. The highest BCUT2D eigenvalue weighted by Gasteiger charge is 2.38. The van der Waals surface area contributed by atoms with Crippen molar-refractivity contribution in [1.82, 2.24) is 5.32 Å². The van der Waals surface area contributed by atoms with Crippen LogP contribution in [0.1, 0.15) is 56.1 Å². The zero-order valence-electron chi connectivity index (χ0n) is 15.6. The van der Waals surface area contributed by atoms with E-state index >= 15 is 0 Å². The predicted octanol–water partition coefficient (Wildman–Crippen LogP) is 7.06. The molecule has 2 unspecified atom stereocenters. The fourth-order valence-corrected chi connectivity index (χ4v) is 5.55. The van der Waals surface area contributed by atoms with Gasteiger partial charge in [0.1, 0.15) is 11.9 Å². The number of rotatable bonds is 4. The third-order valence-electron chi connectivity index (χ3n) is 5.95. The Morgan fingerprint density at radius 3 is 2.44 bits per heavy atom. The maximum absolute atomic E-state index is 6.54. The van der Waals surface area contributed by atoms with Crippen molar-refractivity contribution >= 4 is 34.8 Å². The molecule has 0 aromatic heterocycles. The third-order valence-corrected chi connectivity index (χ3v) is 6.77. The number of benzene rings is 2. The largest absolute Gasteiger partial charge is 0.489 e. The number of piperidine rings is 1. The van der Waals surface area contributed by atoms with Gasteiger partial charge in [-0.15, -0.1) is 0 Å². The fraction of sp³-hybridized carbons (Fsp3) is 0.455. The molecule has 0 spiro atoms. The Morgan fingerprint density at radius 1 is 1.07 bits per heavy atom. The van der Waals surface area contributed by atoms with E-state index in [0.29, 0.717) is 26.9 Å². The van der Waals surface area contributed by atoms with Crippen molar-refractivity contribution in [3.8, 4) is 16.9 Å². The lowest BCUT2D eigenvalue weighted by Crippen LogP contribution is -2.37. The summed E-state index contributed by atoms with van der Waals surface area (Å²) < 4.78 is 6.47. The van der Waals surface area contributed by atoms with Gasteiger partial charge in [0.05, 0.1) is 10.0 Å². The van der Waals surface area contributed by atoms with E-state index < -0.39 is 0 Å². The molecule has 2 aromatic carbocycles. The Labute approximate surface area is 176 Å². The number of ether oxygens (including phenoxy) is 1. The lowest BCUT2D eigenvalue weighted by Gasteiger charge is -2.25. The van der Waals surface area contributed by atoms with Crippen LogP contribution in [0.4, 0.5) is 0 Å². The molecule has 27 heavy (non-hydrogen) atoms. The van der Waals surface area contributed by atoms with Gasteiger partial charge in [0.15, 0.2) is 0 Å². The van der Waals surface area contributed by atoms with Crippen molar-refractivity contribution in [1.29, 1.82) is 0 Å². The van der Waals surface area contributed by atoms with Crippen LogP contribution in [0, 0.1) is 0 Å². The second-order valence-corrected chi connectivity index (χ2v) is 8.75. The second kappa shape index (κ2) is 7.83. The zero-order valence-corrected chi connectivity index (χ0v) is 17.9. The molecule has 2 heterocycles. The van der Waals surface area contributed by atoms with Gasteiger partial charge < -0.3 is 10.1 Å². The first kappa shape index (κ1) is 19.4. The average Bonchev–Trinajstić information content (AvgIpc) is 3.01. The van der Waals surface area contributed by atoms with E-state index in [1.165, 1.54) is 11.1 Å². The first-order valence-electron chi connectivity index (χ1n) is 9.73. The van der Waals surface area contributed by atoms with E-state index in [9.17, 15) is 0 Å². The molecule has 1 fully saturated rings. The molecule has 2 aromatic rings. The molecule has 2 nitrogen and oxygen atoms in total. The van der Waals surface area contributed by atoms with Gasteiger partial charge in [0.2, 0.25) is 0 Å². The average molecular weight is 425 g/mol. The van der Waals surface area contributed by atoms with Crippen molar-refractivity contribution in [3.63, 3.8) is 0 Å². The van der Waals surface area contributed by atoms with E-state index in [0.717, 1.165) is 49.2 Å². The molecule has 1 N–H and O–H groups in total. The minimum Gasteiger partial charge on any atom is -0.489 e. The normalized spacial score (nSPS) is 21.1. The van der Waals surface area contributed by atoms with E-state index in [-0.39, 0.29) is 6.10 Å². The molecule has 5 heteroatoms. The second-order valence-electron chi connectivity index (χ2n) is 7.50. The van der Waals surface area contributed by atoms with Crippen molar-refractivity contribution in [2.45, 2.75) is 51.0 Å². The van der Waals surface area contributed by atoms with Gasteiger partial charge in [-0.25, -0.2) is 0 Å². The van der Waals surface area contributed by atoms with E-state index in [2.05, 4.69) is 31.3 Å². The van der Waals surface area contributed by atoms with Crippen LogP contribution >= 0.6 is 34.8 Å². The quantitative estimate of drug-likeness (QED) is 0.567. The Morgan fingerprint density at radius 2 is 1.78 bits per heavy atom. The smallest absolute Gasteiger partial charge is 0.126 e. The van der Waals surface area contributed by atoms with Gasteiger partial charge in [0.25, 0.3) is 0 Å². The summed E-state index contributed by atoms with van der Waals surface area (Å²) in [6.45, 7) is 6.43. The van der Waals surface area contributed by atoms with Gasteiger partial charge in [-0.2, -0.15) is 0 Å². The number of hydrogen-bond donors (Lipinski definition) is 1. The Balaban J connectivity index is 1.91. The predicted molar refractivity (Wildman–Crippen MR) is 115 cm³/mol. The Bertz CT molecular complexity index is 840. The fourth-order valence-electron chi connectivity index (χ4n) is 4.52. The summed E-state index contributed by atoms with van der Waals surface area (Å²) in [5.74, 6) is 1.93. The molecule has 2 atom stereocenters. The molecule has 0 bridgehead atoms. The maximum Gasteiger partial charge on any atom is 0.126 e. The van der Waals surface area contributed by atoms with Crippen molar-refractivity contribution in [3.05, 3.63) is 50.5 Å². The number of nitrogens with one attached hydrogen (secondary N) is 1. The maximum atomic E-state index is 6.54. The highest BCUT2D eigenvalue weighted by atomic mass is 35.5. The number of halogens is 3. The molecule has 4 rings (SSSR count). The van der Waals surface area contributed by atoms with Crippen LogP contribution in [0.5, 0.6) is 5.75 Å². The summed E-state index contributed by atoms with van der Waals surface area (Å²) in [6, 6.07) is 7.97. The zero-order chi connectivity index (χ0) is 19.1. The molecular formula is C22H24Cl3NO. The molecule has 0 saturated carbocycles. The topological polar surface area (TPSA) is 21.3 Å². The number of hydrogen-bond acceptors (Lipinski definition) is 2. The molecule has 0 amide bonds. The lowest BCUT2D eigenvalue weighted by molar-refractivity contribution is 0.170. The first-order valence-corrected chi connectivity index (χ1v) is 10.9. The molecule has 0 aliphatic carbocycles. The first-order chi connectivity index (χ1) is 13.0. The highest BCUT2D eigenvalue weighted by molar-refractivity contribution is 6.41. The summed E-state index contributed by atoms with van der Waals surface area (Å²) in [5, 5.41) is 5.23. The van der Waals surface area contributed by atoms with Crippen molar-refractivity contribution < 1.29 is 4.74 Å². The van der Waals surface area contributed by atoms with Crippen LogP contribution in [0.2, 0.25) is 15.1 Å². The summed E-state index contributed by atoms with van der Waals surface area (Å²) in [7, 11) is 0. The summed E-state index contributed by atoms with van der Waals surface area (Å²) in [6.07, 6.45) is 3.46. The van der Waals surface area contributed by atoms with Gasteiger partial charge in [0, 0.05) is 28.6 Å². The van der Waals surface area contributed by atoms with Crippen LogP contribution in [0.3, 0.4) is 0 Å². The molecule has 1 saturated heterocycles. The monoisotopic (exact) mass is 423 g/mol. The van der Waals surface area contributed by atoms with Gasteiger partial charge in [-0.05, 0) is 67.1 Å². The van der Waals surface area contributed by atoms with E-state index in [1.807, 2.05) is 0 Å². The van der Waals surface area contributed by atoms with Crippen LogP contribution < -0.4 is 10.1 Å². The van der Waals surface area contributed by atoms with Crippen molar-refractivity contribution in [2.24, 2.45) is 0 Å². The lowest BCUT2D eigenvalue weighted by atomic mass is 9.84. The van der Waals surface area contributed by atoms with E-state index in [4.69, 9.17) is 39.5 Å².